The van der Waals surface area contributed by atoms with Gasteiger partial charge in [0.25, 0.3) is 5.88 Å². The molecule has 1 N–H and O–H groups in total. The molecule has 1 aliphatic rings. The van der Waals surface area contributed by atoms with Gasteiger partial charge in [-0.2, -0.15) is 0 Å². The van der Waals surface area contributed by atoms with Gasteiger partial charge in [-0.3, -0.25) is 0 Å². The third-order valence-electron chi connectivity index (χ3n) is 2.71. The monoisotopic (exact) mass is 294 g/mol. The highest BCUT2D eigenvalue weighted by Crippen LogP contribution is 2.35. The van der Waals surface area contributed by atoms with Crippen molar-refractivity contribution in [3.63, 3.8) is 0 Å². The third-order valence-corrected chi connectivity index (χ3v) is 2.90. The van der Waals surface area contributed by atoms with Crippen LogP contribution in [0.1, 0.15) is 11.9 Å². The van der Waals surface area contributed by atoms with E-state index in [2.05, 4.69) is 10.2 Å². The number of rotatable bonds is 3. The Labute approximate surface area is 119 Å². The molecule has 1 aromatic carbocycles. The van der Waals surface area contributed by atoms with Crippen LogP contribution in [0.3, 0.4) is 0 Å². The number of nitrogens with zero attached hydrogens (tertiary/aromatic N) is 2. The number of hydrogen-bond acceptors (Lipinski definition) is 6. The molecule has 1 aliphatic heterocycles. The fraction of sp³-hybridized carbons (Fsp3) is 0.231. The largest absolute Gasteiger partial charge is 0.503 e. The summed E-state index contributed by atoms with van der Waals surface area (Å²) in [6.07, 6.45) is -0.478. The molecule has 20 heavy (non-hydrogen) atoms. The molecule has 0 radical (unpaired) electrons. The van der Waals surface area contributed by atoms with Crippen LogP contribution < -0.4 is 4.74 Å². The Morgan fingerprint density at radius 1 is 1.20 bits per heavy atom. The van der Waals surface area contributed by atoms with Crippen molar-refractivity contribution in [3.05, 3.63) is 41.0 Å². The molecule has 0 saturated carbocycles. The molecule has 7 heteroatoms. The van der Waals surface area contributed by atoms with Crippen LogP contribution in [0.5, 0.6) is 17.4 Å². The van der Waals surface area contributed by atoms with E-state index in [0.717, 1.165) is 5.56 Å². The van der Waals surface area contributed by atoms with E-state index >= 15 is 0 Å². The first-order chi connectivity index (χ1) is 9.74. The summed E-state index contributed by atoms with van der Waals surface area (Å²) in [6, 6.07) is 8.46. The normalized spacial score (nSPS) is 15.4. The van der Waals surface area contributed by atoms with Crippen molar-refractivity contribution in [2.45, 2.75) is 6.29 Å². The number of ether oxygens (including phenoxy) is 3. The second-order valence-corrected chi connectivity index (χ2v) is 4.46. The lowest BCUT2D eigenvalue weighted by Crippen LogP contribution is -2.01. The van der Waals surface area contributed by atoms with Crippen molar-refractivity contribution >= 4 is 11.6 Å². The average Bonchev–Trinajstić information content (AvgIpc) is 2.96. The lowest BCUT2D eigenvalue weighted by atomic mass is 10.2. The van der Waals surface area contributed by atoms with Crippen LogP contribution >= 0.6 is 11.6 Å². The van der Waals surface area contributed by atoms with Gasteiger partial charge >= 0.3 is 0 Å². The molecule has 6 nitrogen and oxygen atoms in total. The minimum absolute atomic E-state index is 0.0279. The summed E-state index contributed by atoms with van der Waals surface area (Å²) < 4.78 is 16.5. The van der Waals surface area contributed by atoms with Crippen LogP contribution in [0, 0.1) is 0 Å². The van der Waals surface area contributed by atoms with E-state index < -0.39 is 6.29 Å². The summed E-state index contributed by atoms with van der Waals surface area (Å²) >= 11 is 5.63. The van der Waals surface area contributed by atoms with Crippen LogP contribution in [0.2, 0.25) is 5.15 Å². The molecule has 1 fully saturated rings. The second kappa shape index (κ2) is 5.62. The van der Waals surface area contributed by atoms with Gasteiger partial charge < -0.3 is 19.3 Å². The molecule has 0 spiro atoms. The number of halogens is 1. The minimum atomic E-state index is -0.478. The van der Waals surface area contributed by atoms with Crippen LogP contribution in [0.4, 0.5) is 0 Å². The van der Waals surface area contributed by atoms with Gasteiger partial charge in [0.1, 0.15) is 5.75 Å². The molecule has 1 saturated heterocycles. The molecule has 0 unspecified atom stereocenters. The Morgan fingerprint density at radius 3 is 2.70 bits per heavy atom. The van der Waals surface area contributed by atoms with E-state index in [1.165, 1.54) is 6.07 Å². The number of hydrogen-bond donors (Lipinski definition) is 1. The van der Waals surface area contributed by atoms with Crippen LogP contribution in [0.15, 0.2) is 30.3 Å². The van der Waals surface area contributed by atoms with E-state index in [1.807, 2.05) is 12.1 Å². The van der Waals surface area contributed by atoms with Crippen molar-refractivity contribution in [1.82, 2.24) is 10.2 Å². The smallest absolute Gasteiger partial charge is 0.281 e. The fourth-order valence-electron chi connectivity index (χ4n) is 1.83. The Balaban J connectivity index is 1.90. The second-order valence-electron chi connectivity index (χ2n) is 4.07. The van der Waals surface area contributed by atoms with Gasteiger partial charge in [0, 0.05) is 6.07 Å². The van der Waals surface area contributed by atoms with E-state index in [0.29, 0.717) is 19.0 Å². The van der Waals surface area contributed by atoms with E-state index in [4.69, 9.17) is 25.8 Å². The van der Waals surface area contributed by atoms with Gasteiger partial charge in [-0.05, 0) is 6.07 Å². The molecule has 0 amide bonds. The Bertz CT molecular complexity index is 617. The molecule has 104 valence electrons. The maximum absolute atomic E-state index is 9.73. The Hall–Kier alpha value is -1.89. The summed E-state index contributed by atoms with van der Waals surface area (Å²) in [5.41, 5.74) is 0.723. The van der Waals surface area contributed by atoms with Gasteiger partial charge in [0.2, 0.25) is 0 Å². The van der Waals surface area contributed by atoms with Gasteiger partial charge in [-0.1, -0.05) is 29.8 Å². The summed E-state index contributed by atoms with van der Waals surface area (Å²) in [5, 5.41) is 17.2. The quantitative estimate of drug-likeness (QED) is 0.938. The van der Waals surface area contributed by atoms with Crippen molar-refractivity contribution < 1.29 is 19.3 Å². The third kappa shape index (κ3) is 2.67. The number of benzene rings is 1. The standard InChI is InChI=1S/C13H11ClN2O4/c14-11-7-9(17)12(16-15-11)20-10-4-2-1-3-8(10)13-18-5-6-19-13/h1-4,7,13H,5-6H2,(H,15,17). The molecule has 2 aromatic rings. The van der Waals surface area contributed by atoms with Gasteiger partial charge in [-0.25, -0.2) is 0 Å². The fourth-order valence-corrected chi connectivity index (χ4v) is 1.97. The highest BCUT2D eigenvalue weighted by atomic mass is 35.5. The highest BCUT2D eigenvalue weighted by Gasteiger charge is 2.22. The minimum Gasteiger partial charge on any atom is -0.503 e. The zero-order valence-corrected chi connectivity index (χ0v) is 11.1. The van der Waals surface area contributed by atoms with Crippen molar-refractivity contribution in [3.8, 4) is 17.4 Å². The Kier molecular flexibility index (Phi) is 3.68. The highest BCUT2D eigenvalue weighted by molar-refractivity contribution is 6.29. The van der Waals surface area contributed by atoms with Crippen LogP contribution in [-0.2, 0) is 9.47 Å². The van der Waals surface area contributed by atoms with E-state index in [1.54, 1.807) is 12.1 Å². The van der Waals surface area contributed by atoms with Crippen LogP contribution in [0.25, 0.3) is 0 Å². The summed E-state index contributed by atoms with van der Waals surface area (Å²) in [4.78, 5) is 0. The maximum atomic E-state index is 9.73. The summed E-state index contributed by atoms with van der Waals surface area (Å²) in [5.74, 6) is 0.263. The molecular formula is C13H11ClN2O4. The van der Waals surface area contributed by atoms with Crippen LogP contribution in [-0.4, -0.2) is 28.5 Å². The lowest BCUT2D eigenvalue weighted by Gasteiger charge is -2.14. The molecule has 0 atom stereocenters. The van der Waals surface area contributed by atoms with Crippen molar-refractivity contribution in [1.29, 1.82) is 0 Å². The van der Waals surface area contributed by atoms with E-state index in [9.17, 15) is 5.11 Å². The van der Waals surface area contributed by atoms with Gasteiger partial charge in [-0.15, -0.1) is 10.2 Å². The zero-order chi connectivity index (χ0) is 13.9. The maximum Gasteiger partial charge on any atom is 0.281 e. The van der Waals surface area contributed by atoms with Gasteiger partial charge in [0.15, 0.2) is 17.2 Å². The predicted octanol–water partition coefficient (Wildman–Crippen LogP) is 2.67. The SMILES string of the molecule is Oc1cc(Cl)nnc1Oc1ccccc1C1OCCO1. The first-order valence-corrected chi connectivity index (χ1v) is 6.34. The molecule has 3 rings (SSSR count). The summed E-state index contributed by atoms with van der Waals surface area (Å²) in [6.45, 7) is 1.07. The average molecular weight is 295 g/mol. The lowest BCUT2D eigenvalue weighted by molar-refractivity contribution is -0.0452. The van der Waals surface area contributed by atoms with Gasteiger partial charge in [0.05, 0.1) is 18.8 Å². The first kappa shape index (κ1) is 13.1. The van der Waals surface area contributed by atoms with E-state index in [-0.39, 0.29) is 16.8 Å². The zero-order valence-electron chi connectivity index (χ0n) is 10.3. The first-order valence-electron chi connectivity index (χ1n) is 5.96. The topological polar surface area (TPSA) is 73.7 Å². The molecule has 0 aliphatic carbocycles. The number of aromatic nitrogens is 2. The van der Waals surface area contributed by atoms with Crippen molar-refractivity contribution in [2.75, 3.05) is 13.2 Å². The summed E-state index contributed by atoms with van der Waals surface area (Å²) in [7, 11) is 0. The molecule has 1 aromatic heterocycles. The number of aromatic hydroxyl groups is 1. The molecule has 0 bridgehead atoms. The van der Waals surface area contributed by atoms with Crippen molar-refractivity contribution in [2.24, 2.45) is 0 Å². The Morgan fingerprint density at radius 2 is 1.95 bits per heavy atom. The molecular weight excluding hydrogens is 284 g/mol. The predicted molar refractivity (Wildman–Crippen MR) is 69.9 cm³/mol. The molecule has 2 heterocycles. The number of para-hydroxylation sites is 1.